The summed E-state index contributed by atoms with van der Waals surface area (Å²) >= 11 is 0. The monoisotopic (exact) mass is 351 g/mol. The highest BCUT2D eigenvalue weighted by molar-refractivity contribution is 5.74. The smallest absolute Gasteiger partial charge is 0.317 e. The lowest BCUT2D eigenvalue weighted by Crippen LogP contribution is -2.52. The van der Waals surface area contributed by atoms with Gasteiger partial charge in [-0.3, -0.25) is 0 Å². The SMILES string of the molecule is CCNC(=O)N1CCN(c2cc(-c3ccccc3)nc3ncnn23)CC1. The Morgan fingerprint density at radius 3 is 2.65 bits per heavy atom. The maximum atomic E-state index is 12.0. The van der Waals surface area contributed by atoms with E-state index in [1.54, 1.807) is 4.52 Å². The minimum absolute atomic E-state index is 0.00208. The molecule has 0 unspecified atom stereocenters. The van der Waals surface area contributed by atoms with Crippen LogP contribution < -0.4 is 10.2 Å². The van der Waals surface area contributed by atoms with Crippen LogP contribution >= 0.6 is 0 Å². The summed E-state index contributed by atoms with van der Waals surface area (Å²) in [6, 6.07) is 12.1. The van der Waals surface area contributed by atoms with Crippen LogP contribution in [0.1, 0.15) is 6.92 Å². The predicted molar refractivity (Wildman–Crippen MR) is 99.1 cm³/mol. The normalized spacial score (nSPS) is 14.7. The van der Waals surface area contributed by atoms with Crippen molar-refractivity contribution in [2.24, 2.45) is 0 Å². The highest BCUT2D eigenvalue weighted by atomic mass is 16.2. The van der Waals surface area contributed by atoms with Crippen LogP contribution in [-0.2, 0) is 0 Å². The van der Waals surface area contributed by atoms with Crippen molar-refractivity contribution in [1.82, 2.24) is 29.8 Å². The van der Waals surface area contributed by atoms with Crippen molar-refractivity contribution in [1.29, 1.82) is 0 Å². The van der Waals surface area contributed by atoms with Crippen LogP contribution in [0.5, 0.6) is 0 Å². The molecule has 26 heavy (non-hydrogen) atoms. The number of aromatic nitrogens is 4. The van der Waals surface area contributed by atoms with Crippen molar-refractivity contribution >= 4 is 17.6 Å². The zero-order valence-corrected chi connectivity index (χ0v) is 14.7. The number of urea groups is 1. The van der Waals surface area contributed by atoms with Crippen molar-refractivity contribution in [3.63, 3.8) is 0 Å². The number of fused-ring (bicyclic) bond motifs is 1. The van der Waals surface area contributed by atoms with E-state index in [0.717, 1.165) is 30.2 Å². The van der Waals surface area contributed by atoms with Gasteiger partial charge in [-0.1, -0.05) is 30.3 Å². The van der Waals surface area contributed by atoms with Crippen LogP contribution in [0.25, 0.3) is 17.0 Å². The molecule has 0 spiro atoms. The molecule has 2 aromatic heterocycles. The van der Waals surface area contributed by atoms with E-state index in [-0.39, 0.29) is 6.03 Å². The van der Waals surface area contributed by atoms with Crippen LogP contribution in [0.4, 0.5) is 10.6 Å². The molecule has 0 aliphatic carbocycles. The maximum absolute atomic E-state index is 12.0. The summed E-state index contributed by atoms with van der Waals surface area (Å²) in [6.45, 7) is 5.39. The topological polar surface area (TPSA) is 78.7 Å². The molecule has 2 amide bonds. The first-order valence-corrected chi connectivity index (χ1v) is 8.80. The molecule has 1 saturated heterocycles. The number of benzene rings is 1. The van der Waals surface area contributed by atoms with Crippen LogP contribution in [0.2, 0.25) is 0 Å². The fourth-order valence-electron chi connectivity index (χ4n) is 3.18. The van der Waals surface area contributed by atoms with Crippen molar-refractivity contribution in [2.75, 3.05) is 37.6 Å². The molecule has 134 valence electrons. The first-order chi connectivity index (χ1) is 12.8. The summed E-state index contributed by atoms with van der Waals surface area (Å²) in [6.07, 6.45) is 1.52. The molecule has 0 bridgehead atoms. The fraction of sp³-hybridized carbons (Fsp3) is 0.333. The molecule has 0 radical (unpaired) electrons. The van der Waals surface area contributed by atoms with Crippen molar-refractivity contribution < 1.29 is 4.79 Å². The Bertz CT molecular complexity index is 900. The molecule has 4 rings (SSSR count). The summed E-state index contributed by atoms with van der Waals surface area (Å²) < 4.78 is 1.76. The Labute approximate surface area is 151 Å². The van der Waals surface area contributed by atoms with Gasteiger partial charge in [-0.25, -0.2) is 9.78 Å². The number of nitrogens with zero attached hydrogens (tertiary/aromatic N) is 6. The number of hydrogen-bond donors (Lipinski definition) is 1. The van der Waals surface area contributed by atoms with Gasteiger partial charge in [-0.2, -0.15) is 14.6 Å². The van der Waals surface area contributed by atoms with Gasteiger partial charge >= 0.3 is 6.03 Å². The van der Waals surface area contributed by atoms with Crippen LogP contribution in [0.3, 0.4) is 0 Å². The van der Waals surface area contributed by atoms with Gasteiger partial charge in [-0.05, 0) is 6.92 Å². The molecule has 3 aromatic rings. The first kappa shape index (κ1) is 16.3. The zero-order valence-electron chi connectivity index (χ0n) is 14.7. The largest absolute Gasteiger partial charge is 0.353 e. The molecule has 1 fully saturated rings. The molecular formula is C18H21N7O. The van der Waals surface area contributed by atoms with Gasteiger partial charge in [0, 0.05) is 44.4 Å². The molecule has 8 nitrogen and oxygen atoms in total. The lowest BCUT2D eigenvalue weighted by molar-refractivity contribution is 0.195. The van der Waals surface area contributed by atoms with Crippen molar-refractivity contribution in [3.05, 3.63) is 42.7 Å². The third-order valence-electron chi connectivity index (χ3n) is 4.52. The van der Waals surface area contributed by atoms with E-state index in [4.69, 9.17) is 0 Å². The molecule has 1 aliphatic heterocycles. The molecule has 0 atom stereocenters. The summed E-state index contributed by atoms with van der Waals surface area (Å²) in [7, 11) is 0. The number of piperazine rings is 1. The highest BCUT2D eigenvalue weighted by Gasteiger charge is 2.23. The van der Waals surface area contributed by atoms with Crippen LogP contribution in [0.15, 0.2) is 42.7 Å². The lowest BCUT2D eigenvalue weighted by atomic mass is 10.1. The van der Waals surface area contributed by atoms with E-state index in [2.05, 4.69) is 25.3 Å². The van der Waals surface area contributed by atoms with Gasteiger partial charge in [0.15, 0.2) is 0 Å². The molecule has 1 N–H and O–H groups in total. The summed E-state index contributed by atoms with van der Waals surface area (Å²) in [5.74, 6) is 1.52. The van der Waals surface area contributed by atoms with Gasteiger partial charge in [-0.15, -0.1) is 0 Å². The number of amides is 2. The minimum atomic E-state index is -0.00208. The number of hydrogen-bond acceptors (Lipinski definition) is 5. The third kappa shape index (κ3) is 3.05. The second-order valence-electron chi connectivity index (χ2n) is 6.15. The maximum Gasteiger partial charge on any atom is 0.317 e. The Morgan fingerprint density at radius 2 is 1.92 bits per heavy atom. The predicted octanol–water partition coefficient (Wildman–Crippen LogP) is 1.64. The van der Waals surface area contributed by atoms with E-state index in [9.17, 15) is 4.79 Å². The summed E-state index contributed by atoms with van der Waals surface area (Å²) in [5.41, 5.74) is 1.91. The molecule has 1 aliphatic rings. The third-order valence-corrected chi connectivity index (χ3v) is 4.52. The number of carbonyl (C=O) groups is 1. The Hall–Kier alpha value is -3.16. The quantitative estimate of drug-likeness (QED) is 0.776. The molecule has 8 heteroatoms. The van der Waals surface area contributed by atoms with Crippen molar-refractivity contribution in [2.45, 2.75) is 6.92 Å². The Kier molecular flexibility index (Phi) is 4.39. The number of anilines is 1. The molecule has 1 aromatic carbocycles. The van der Waals surface area contributed by atoms with Crippen molar-refractivity contribution in [3.8, 4) is 11.3 Å². The molecule has 0 saturated carbocycles. The van der Waals surface area contributed by atoms with Gasteiger partial charge < -0.3 is 15.1 Å². The van der Waals surface area contributed by atoms with Gasteiger partial charge in [0.05, 0.1) is 5.69 Å². The highest BCUT2D eigenvalue weighted by Crippen LogP contribution is 2.24. The standard InChI is InChI=1S/C18H21N7O/c1-2-19-18(26)24-10-8-23(9-11-24)16-12-15(14-6-4-3-5-7-14)22-17-20-13-21-25(16)17/h3-7,12-13H,2,8-11H2,1H3,(H,19,26). The fourth-order valence-corrected chi connectivity index (χ4v) is 3.18. The van der Waals surface area contributed by atoms with E-state index >= 15 is 0 Å². The lowest BCUT2D eigenvalue weighted by Gasteiger charge is -2.35. The zero-order chi connectivity index (χ0) is 17.9. The minimum Gasteiger partial charge on any atom is -0.353 e. The average molecular weight is 351 g/mol. The molecular weight excluding hydrogens is 330 g/mol. The van der Waals surface area contributed by atoms with Crippen LogP contribution in [0, 0.1) is 0 Å². The van der Waals surface area contributed by atoms with Crippen LogP contribution in [-0.4, -0.2) is 63.2 Å². The second-order valence-corrected chi connectivity index (χ2v) is 6.15. The van der Waals surface area contributed by atoms with E-state index in [0.29, 0.717) is 25.4 Å². The van der Waals surface area contributed by atoms with Gasteiger partial charge in [0.1, 0.15) is 12.1 Å². The van der Waals surface area contributed by atoms with E-state index < -0.39 is 0 Å². The number of carbonyl (C=O) groups excluding carboxylic acids is 1. The summed E-state index contributed by atoms with van der Waals surface area (Å²) in [4.78, 5) is 25.0. The van der Waals surface area contributed by atoms with Gasteiger partial charge in [0.25, 0.3) is 5.78 Å². The number of rotatable bonds is 3. The Morgan fingerprint density at radius 1 is 1.15 bits per heavy atom. The van der Waals surface area contributed by atoms with Gasteiger partial charge in [0.2, 0.25) is 0 Å². The first-order valence-electron chi connectivity index (χ1n) is 8.80. The Balaban J connectivity index is 1.62. The summed E-state index contributed by atoms with van der Waals surface area (Å²) in [5, 5.41) is 7.18. The van der Waals surface area contributed by atoms with E-state index in [1.807, 2.05) is 48.2 Å². The van der Waals surface area contributed by atoms with E-state index in [1.165, 1.54) is 6.33 Å². The average Bonchev–Trinajstić information content (AvgIpc) is 3.17. The molecule has 3 heterocycles. The number of nitrogens with one attached hydrogen (secondary N) is 1. The second kappa shape index (κ2) is 6.99.